The van der Waals surface area contributed by atoms with E-state index in [2.05, 4.69) is 5.32 Å². The summed E-state index contributed by atoms with van der Waals surface area (Å²) in [7, 11) is 0. The molecule has 1 N–H and O–H groups in total. The molecule has 0 aromatic heterocycles. The third kappa shape index (κ3) is 3.42. The minimum Gasteiger partial charge on any atom is -0.367 e. The van der Waals surface area contributed by atoms with Gasteiger partial charge in [-0.15, -0.1) is 0 Å². The zero-order valence-corrected chi connectivity index (χ0v) is 13.8. The largest absolute Gasteiger partial charge is 0.367 e. The highest BCUT2D eigenvalue weighted by atomic mass is 19.1. The molecule has 4 nitrogen and oxygen atoms in total. The second kappa shape index (κ2) is 6.87. The minimum absolute atomic E-state index is 0.0119. The number of halogens is 2. The van der Waals surface area contributed by atoms with Crippen molar-refractivity contribution in [3.8, 4) is 0 Å². The van der Waals surface area contributed by atoms with E-state index in [1.165, 1.54) is 12.1 Å². The molecule has 2 unspecified atom stereocenters. The molecule has 130 valence electrons. The lowest BCUT2D eigenvalue weighted by Gasteiger charge is -2.27. The second-order valence-electron chi connectivity index (χ2n) is 6.84. The average molecular weight is 336 g/mol. The van der Waals surface area contributed by atoms with Gasteiger partial charge >= 0.3 is 0 Å². The van der Waals surface area contributed by atoms with Gasteiger partial charge in [-0.25, -0.2) is 8.78 Å². The third-order valence-electron chi connectivity index (χ3n) is 5.01. The zero-order chi connectivity index (χ0) is 17.3. The van der Waals surface area contributed by atoms with Crippen LogP contribution in [0, 0.1) is 23.5 Å². The molecule has 1 heterocycles. The van der Waals surface area contributed by atoms with Crippen molar-refractivity contribution in [3.05, 3.63) is 23.8 Å². The van der Waals surface area contributed by atoms with Crippen LogP contribution in [-0.2, 0) is 9.59 Å². The molecular weight excluding hydrogens is 314 g/mol. The molecule has 1 aliphatic carbocycles. The van der Waals surface area contributed by atoms with Gasteiger partial charge in [0.05, 0.1) is 0 Å². The molecule has 1 saturated heterocycles. The Balaban J connectivity index is 1.73. The summed E-state index contributed by atoms with van der Waals surface area (Å²) in [4.78, 5) is 25.5. The van der Waals surface area contributed by atoms with Crippen LogP contribution in [-0.4, -0.2) is 24.8 Å². The van der Waals surface area contributed by atoms with E-state index in [-0.39, 0.29) is 34.9 Å². The summed E-state index contributed by atoms with van der Waals surface area (Å²) in [5, 5.41) is 2.61. The Bertz CT molecular complexity index is 633. The van der Waals surface area contributed by atoms with Gasteiger partial charge in [0.15, 0.2) is 11.6 Å². The average Bonchev–Trinajstić information content (AvgIpc) is 3.00. The number of amides is 1. The van der Waals surface area contributed by atoms with Crippen molar-refractivity contribution >= 4 is 23.1 Å². The number of hydrogen-bond acceptors (Lipinski definition) is 3. The smallest absolute Gasteiger partial charge is 0.227 e. The van der Waals surface area contributed by atoms with Crippen LogP contribution in [0.2, 0.25) is 0 Å². The quantitative estimate of drug-likeness (QED) is 0.919. The lowest BCUT2D eigenvalue weighted by molar-refractivity contribution is -0.127. The fraction of sp³-hybridized carbons (Fsp3) is 0.556. The molecular formula is C18H22F2N2O2. The number of carbonyl (C=O) groups excluding carboxylic acids is 2. The number of anilines is 2. The van der Waals surface area contributed by atoms with Crippen molar-refractivity contribution in [2.45, 2.75) is 39.0 Å². The molecule has 1 amide bonds. The van der Waals surface area contributed by atoms with Gasteiger partial charge in [0, 0.05) is 37.5 Å². The molecule has 6 heteroatoms. The van der Waals surface area contributed by atoms with Crippen LogP contribution in [0.3, 0.4) is 0 Å². The Morgan fingerprint density at radius 2 is 1.83 bits per heavy atom. The molecule has 1 aliphatic heterocycles. The van der Waals surface area contributed by atoms with Gasteiger partial charge in [0.25, 0.3) is 0 Å². The number of hydrogen-bond donors (Lipinski definition) is 1. The van der Waals surface area contributed by atoms with Crippen molar-refractivity contribution in [2.24, 2.45) is 11.8 Å². The van der Waals surface area contributed by atoms with E-state index in [1.54, 1.807) is 4.90 Å². The summed E-state index contributed by atoms with van der Waals surface area (Å²) in [6.45, 7) is 3.15. The maximum Gasteiger partial charge on any atom is 0.227 e. The highest BCUT2D eigenvalue weighted by Crippen LogP contribution is 2.32. The molecule has 0 radical (unpaired) electrons. The van der Waals surface area contributed by atoms with Gasteiger partial charge < -0.3 is 10.2 Å². The first kappa shape index (κ1) is 16.9. The van der Waals surface area contributed by atoms with Crippen molar-refractivity contribution in [2.75, 3.05) is 23.3 Å². The van der Waals surface area contributed by atoms with Crippen molar-refractivity contribution in [1.29, 1.82) is 0 Å². The topological polar surface area (TPSA) is 49.4 Å². The van der Waals surface area contributed by atoms with Crippen molar-refractivity contribution < 1.29 is 18.4 Å². The molecule has 0 spiro atoms. The van der Waals surface area contributed by atoms with Crippen LogP contribution >= 0.6 is 0 Å². The summed E-state index contributed by atoms with van der Waals surface area (Å²) < 4.78 is 28.6. The number of ketones is 1. The monoisotopic (exact) mass is 336 g/mol. The normalized spacial score (nSPS) is 24.3. The molecule has 2 fully saturated rings. The summed E-state index contributed by atoms with van der Waals surface area (Å²) in [5.41, 5.74) is 0.115. The number of benzene rings is 1. The standard InChI is InChI=1S/C18H22F2N2O2/c1-11-8-13(23)4-5-14(11)18(24)21-12-9-15(19)17(16(20)10-12)22-6-2-3-7-22/h9-11,14H,2-8H2,1H3,(H,21,24). The zero-order valence-electron chi connectivity index (χ0n) is 13.8. The number of carbonyl (C=O) groups is 2. The minimum atomic E-state index is -0.654. The SMILES string of the molecule is CC1CC(=O)CCC1C(=O)Nc1cc(F)c(N2CCCC2)c(F)c1. The third-order valence-corrected chi connectivity index (χ3v) is 5.01. The van der Waals surface area contributed by atoms with Gasteiger partial charge in [0.1, 0.15) is 11.5 Å². The number of Topliss-reactive ketones (excluding diaryl/α,β-unsaturated/α-hetero) is 1. The summed E-state index contributed by atoms with van der Waals surface area (Å²) >= 11 is 0. The first-order valence-electron chi connectivity index (χ1n) is 8.52. The Morgan fingerprint density at radius 3 is 2.42 bits per heavy atom. The summed E-state index contributed by atoms with van der Waals surface area (Å²) in [5.74, 6) is -1.77. The van der Waals surface area contributed by atoms with Crippen LogP contribution in [0.15, 0.2) is 12.1 Å². The van der Waals surface area contributed by atoms with Gasteiger partial charge in [0.2, 0.25) is 5.91 Å². The molecule has 24 heavy (non-hydrogen) atoms. The summed E-state index contributed by atoms with van der Waals surface area (Å²) in [6.07, 6.45) is 3.11. The fourth-order valence-electron chi connectivity index (χ4n) is 3.71. The highest BCUT2D eigenvalue weighted by Gasteiger charge is 2.31. The van der Waals surface area contributed by atoms with E-state index in [9.17, 15) is 18.4 Å². The van der Waals surface area contributed by atoms with E-state index in [0.717, 1.165) is 12.8 Å². The Kier molecular flexibility index (Phi) is 4.83. The van der Waals surface area contributed by atoms with Crippen LogP contribution in [0.1, 0.15) is 39.0 Å². The van der Waals surface area contributed by atoms with Gasteiger partial charge in [-0.05, 0) is 37.3 Å². The molecule has 0 bridgehead atoms. The van der Waals surface area contributed by atoms with Crippen LogP contribution in [0.5, 0.6) is 0 Å². The van der Waals surface area contributed by atoms with Crippen LogP contribution in [0.4, 0.5) is 20.2 Å². The predicted octanol–water partition coefficient (Wildman–Crippen LogP) is 3.51. The van der Waals surface area contributed by atoms with Gasteiger partial charge in [-0.2, -0.15) is 0 Å². The van der Waals surface area contributed by atoms with E-state index >= 15 is 0 Å². The first-order valence-corrected chi connectivity index (χ1v) is 8.52. The van der Waals surface area contributed by atoms with E-state index < -0.39 is 11.6 Å². The number of nitrogens with zero attached hydrogens (tertiary/aromatic N) is 1. The molecule has 3 rings (SSSR count). The van der Waals surface area contributed by atoms with E-state index in [4.69, 9.17) is 0 Å². The first-order chi connectivity index (χ1) is 11.5. The van der Waals surface area contributed by atoms with Gasteiger partial charge in [-0.1, -0.05) is 6.92 Å². The van der Waals surface area contributed by atoms with Crippen molar-refractivity contribution in [3.63, 3.8) is 0 Å². The van der Waals surface area contributed by atoms with Crippen molar-refractivity contribution in [1.82, 2.24) is 0 Å². The van der Waals surface area contributed by atoms with Crippen LogP contribution < -0.4 is 10.2 Å². The van der Waals surface area contributed by atoms with E-state index in [0.29, 0.717) is 32.4 Å². The Morgan fingerprint density at radius 1 is 1.21 bits per heavy atom. The van der Waals surface area contributed by atoms with Gasteiger partial charge in [-0.3, -0.25) is 9.59 Å². The maximum atomic E-state index is 14.3. The molecule has 1 saturated carbocycles. The molecule has 2 atom stereocenters. The molecule has 2 aliphatic rings. The lowest BCUT2D eigenvalue weighted by Crippen LogP contribution is -2.33. The lowest BCUT2D eigenvalue weighted by atomic mass is 9.79. The molecule has 1 aromatic rings. The number of rotatable bonds is 3. The Labute approximate surface area is 140 Å². The fourth-order valence-corrected chi connectivity index (χ4v) is 3.71. The number of nitrogens with one attached hydrogen (secondary N) is 1. The van der Waals surface area contributed by atoms with E-state index in [1.807, 2.05) is 6.92 Å². The summed E-state index contributed by atoms with van der Waals surface area (Å²) in [6, 6.07) is 2.35. The highest BCUT2D eigenvalue weighted by molar-refractivity contribution is 5.94. The van der Waals surface area contributed by atoms with Crippen LogP contribution in [0.25, 0.3) is 0 Å². The molecule has 1 aromatic carbocycles. The second-order valence-corrected chi connectivity index (χ2v) is 6.84. The maximum absolute atomic E-state index is 14.3. The predicted molar refractivity (Wildman–Crippen MR) is 87.9 cm³/mol. The Hall–Kier alpha value is -1.98.